The average Bonchev–Trinajstić information content (AvgIpc) is 2.90. The van der Waals surface area contributed by atoms with Crippen LogP contribution >= 0.6 is 0 Å². The highest BCUT2D eigenvalue weighted by Crippen LogP contribution is 2.17. The third-order valence-electron chi connectivity index (χ3n) is 4.89. The zero-order chi connectivity index (χ0) is 18.1. The van der Waals surface area contributed by atoms with Crippen molar-refractivity contribution in [1.82, 2.24) is 10.2 Å². The average molecular weight is 345 g/mol. The summed E-state index contributed by atoms with van der Waals surface area (Å²) in [6, 6.07) is 8.12. The van der Waals surface area contributed by atoms with Gasteiger partial charge in [0.25, 0.3) is 5.91 Å². The van der Waals surface area contributed by atoms with E-state index in [1.165, 1.54) is 38.5 Å². The molecule has 1 fully saturated rings. The van der Waals surface area contributed by atoms with Crippen molar-refractivity contribution in [3.63, 3.8) is 0 Å². The van der Waals surface area contributed by atoms with E-state index in [0.29, 0.717) is 18.5 Å². The molecule has 3 N–H and O–H groups in total. The number of carbonyl (C=O) groups is 1. The second kappa shape index (κ2) is 10.1. The van der Waals surface area contributed by atoms with Crippen molar-refractivity contribution in [2.24, 2.45) is 10.7 Å². The van der Waals surface area contributed by atoms with Crippen molar-refractivity contribution >= 4 is 11.9 Å². The molecule has 0 aromatic heterocycles. The molecule has 1 amide bonds. The molecule has 2 rings (SSSR count). The van der Waals surface area contributed by atoms with Gasteiger partial charge in [-0.25, -0.2) is 4.99 Å². The predicted octanol–water partition coefficient (Wildman–Crippen LogP) is 3.30. The van der Waals surface area contributed by atoms with Crippen LogP contribution in [0, 0.1) is 0 Å². The number of guanidine groups is 1. The molecule has 0 heterocycles. The Kier molecular flexibility index (Phi) is 7.76. The number of rotatable bonds is 6. The molecule has 0 aliphatic heterocycles. The maximum atomic E-state index is 12.3. The van der Waals surface area contributed by atoms with E-state index < -0.39 is 0 Å². The van der Waals surface area contributed by atoms with Crippen LogP contribution in [0.4, 0.5) is 0 Å². The molecule has 0 atom stereocenters. The summed E-state index contributed by atoms with van der Waals surface area (Å²) in [5.41, 5.74) is 7.82. The third-order valence-corrected chi connectivity index (χ3v) is 4.89. The summed E-state index contributed by atoms with van der Waals surface area (Å²) in [4.78, 5) is 18.6. The SMILES string of the molecule is CCN(CC)C(=O)c1ccc(CN=C(N)NC2CCCCCC2)cc1. The summed E-state index contributed by atoms with van der Waals surface area (Å²) < 4.78 is 0. The molecule has 0 unspecified atom stereocenters. The van der Waals surface area contributed by atoms with Crippen molar-refractivity contribution in [2.75, 3.05) is 13.1 Å². The van der Waals surface area contributed by atoms with Crippen molar-refractivity contribution in [3.8, 4) is 0 Å². The number of nitrogens with one attached hydrogen (secondary N) is 1. The van der Waals surface area contributed by atoms with E-state index in [0.717, 1.165) is 24.2 Å². The summed E-state index contributed by atoms with van der Waals surface area (Å²) in [6.07, 6.45) is 7.55. The predicted molar refractivity (Wildman–Crippen MR) is 104 cm³/mol. The lowest BCUT2D eigenvalue weighted by molar-refractivity contribution is 0.0773. The number of hydrogen-bond donors (Lipinski definition) is 2. The van der Waals surface area contributed by atoms with Gasteiger partial charge in [-0.3, -0.25) is 4.79 Å². The Morgan fingerprint density at radius 3 is 2.28 bits per heavy atom. The highest BCUT2D eigenvalue weighted by molar-refractivity contribution is 5.94. The van der Waals surface area contributed by atoms with Gasteiger partial charge < -0.3 is 16.0 Å². The second-order valence-corrected chi connectivity index (χ2v) is 6.71. The van der Waals surface area contributed by atoms with Crippen molar-refractivity contribution in [1.29, 1.82) is 0 Å². The Morgan fingerprint density at radius 1 is 1.12 bits per heavy atom. The first-order chi connectivity index (χ1) is 12.1. The molecule has 0 bridgehead atoms. The van der Waals surface area contributed by atoms with Crippen LogP contribution in [0.25, 0.3) is 0 Å². The highest BCUT2D eigenvalue weighted by atomic mass is 16.2. The molecular formula is C20H32N4O. The first-order valence-electron chi connectivity index (χ1n) is 9.58. The van der Waals surface area contributed by atoms with Crippen LogP contribution < -0.4 is 11.1 Å². The Hall–Kier alpha value is -2.04. The van der Waals surface area contributed by atoms with E-state index in [1.807, 2.05) is 43.0 Å². The largest absolute Gasteiger partial charge is 0.370 e. The van der Waals surface area contributed by atoms with Gasteiger partial charge in [-0.1, -0.05) is 37.8 Å². The van der Waals surface area contributed by atoms with Gasteiger partial charge in [0.1, 0.15) is 0 Å². The van der Waals surface area contributed by atoms with Crippen LogP contribution in [0.5, 0.6) is 0 Å². The Morgan fingerprint density at radius 2 is 1.72 bits per heavy atom. The maximum Gasteiger partial charge on any atom is 0.253 e. The number of hydrogen-bond acceptors (Lipinski definition) is 2. The Bertz CT molecular complexity index is 556. The quantitative estimate of drug-likeness (QED) is 0.472. The zero-order valence-corrected chi connectivity index (χ0v) is 15.6. The molecule has 138 valence electrons. The zero-order valence-electron chi connectivity index (χ0n) is 15.6. The van der Waals surface area contributed by atoms with Crippen LogP contribution in [-0.2, 0) is 6.54 Å². The summed E-state index contributed by atoms with van der Waals surface area (Å²) >= 11 is 0. The molecule has 1 aliphatic rings. The normalized spacial score (nSPS) is 16.3. The number of carbonyl (C=O) groups excluding carboxylic acids is 1. The lowest BCUT2D eigenvalue weighted by Crippen LogP contribution is -2.39. The van der Waals surface area contributed by atoms with Crippen LogP contribution in [0.15, 0.2) is 29.3 Å². The monoisotopic (exact) mass is 344 g/mol. The van der Waals surface area contributed by atoms with E-state index in [9.17, 15) is 4.79 Å². The molecule has 0 spiro atoms. The first-order valence-corrected chi connectivity index (χ1v) is 9.58. The Labute approximate surface area is 151 Å². The summed E-state index contributed by atoms with van der Waals surface area (Å²) in [5, 5.41) is 3.36. The minimum atomic E-state index is 0.0783. The fourth-order valence-electron chi connectivity index (χ4n) is 3.30. The fourth-order valence-corrected chi connectivity index (χ4v) is 3.30. The number of nitrogens with two attached hydrogens (primary N) is 1. The molecular weight excluding hydrogens is 312 g/mol. The van der Waals surface area contributed by atoms with Crippen LogP contribution in [0.2, 0.25) is 0 Å². The number of benzene rings is 1. The van der Waals surface area contributed by atoms with Gasteiger partial charge in [-0.15, -0.1) is 0 Å². The minimum absolute atomic E-state index is 0.0783. The van der Waals surface area contributed by atoms with E-state index in [-0.39, 0.29) is 5.91 Å². The van der Waals surface area contributed by atoms with E-state index >= 15 is 0 Å². The Balaban J connectivity index is 1.88. The van der Waals surface area contributed by atoms with Crippen molar-refractivity contribution in [2.45, 2.75) is 65.0 Å². The smallest absolute Gasteiger partial charge is 0.253 e. The van der Waals surface area contributed by atoms with E-state index in [4.69, 9.17) is 5.73 Å². The molecule has 5 nitrogen and oxygen atoms in total. The van der Waals surface area contributed by atoms with Crippen LogP contribution in [0.3, 0.4) is 0 Å². The molecule has 25 heavy (non-hydrogen) atoms. The maximum absolute atomic E-state index is 12.3. The molecule has 1 aliphatic carbocycles. The fraction of sp³-hybridized carbons (Fsp3) is 0.600. The van der Waals surface area contributed by atoms with Gasteiger partial charge >= 0.3 is 0 Å². The highest BCUT2D eigenvalue weighted by Gasteiger charge is 2.13. The topological polar surface area (TPSA) is 70.7 Å². The second-order valence-electron chi connectivity index (χ2n) is 6.71. The molecule has 0 radical (unpaired) electrons. The molecule has 0 saturated heterocycles. The number of aliphatic imine (C=N–C) groups is 1. The lowest BCUT2D eigenvalue weighted by Gasteiger charge is -2.18. The van der Waals surface area contributed by atoms with Gasteiger partial charge in [0, 0.05) is 24.7 Å². The number of amides is 1. The first kappa shape index (κ1) is 19.3. The van der Waals surface area contributed by atoms with Gasteiger partial charge in [-0.05, 0) is 44.4 Å². The number of nitrogens with zero attached hydrogens (tertiary/aromatic N) is 2. The van der Waals surface area contributed by atoms with Gasteiger partial charge in [0.2, 0.25) is 0 Å². The molecule has 1 aromatic rings. The third kappa shape index (κ3) is 6.07. The van der Waals surface area contributed by atoms with E-state index in [2.05, 4.69) is 10.3 Å². The van der Waals surface area contributed by atoms with Crippen LogP contribution in [-0.4, -0.2) is 35.9 Å². The minimum Gasteiger partial charge on any atom is -0.370 e. The molecule has 5 heteroatoms. The van der Waals surface area contributed by atoms with Gasteiger partial charge in [-0.2, -0.15) is 0 Å². The van der Waals surface area contributed by atoms with E-state index in [1.54, 1.807) is 0 Å². The molecule has 1 aromatic carbocycles. The van der Waals surface area contributed by atoms with Crippen LogP contribution in [0.1, 0.15) is 68.3 Å². The summed E-state index contributed by atoms with van der Waals surface area (Å²) in [7, 11) is 0. The lowest BCUT2D eigenvalue weighted by atomic mass is 10.1. The molecule has 1 saturated carbocycles. The van der Waals surface area contributed by atoms with Crippen molar-refractivity contribution in [3.05, 3.63) is 35.4 Å². The van der Waals surface area contributed by atoms with Crippen molar-refractivity contribution < 1.29 is 4.79 Å². The standard InChI is InChI=1S/C20H32N4O/c1-3-24(4-2)19(25)17-13-11-16(12-14-17)15-22-20(21)23-18-9-7-5-6-8-10-18/h11-14,18H,3-10,15H2,1-2H3,(H3,21,22,23). The van der Waals surface area contributed by atoms with Gasteiger partial charge in [0.15, 0.2) is 5.96 Å². The van der Waals surface area contributed by atoms with Gasteiger partial charge in [0.05, 0.1) is 6.54 Å². The summed E-state index contributed by atoms with van der Waals surface area (Å²) in [5.74, 6) is 0.602. The summed E-state index contributed by atoms with van der Waals surface area (Å²) in [6.45, 7) is 5.98.